The summed E-state index contributed by atoms with van der Waals surface area (Å²) in [5, 5.41) is -1.89. The molecule has 1 aliphatic rings. The molecule has 4 rings (SSSR count). The Hall–Kier alpha value is -3.55. The number of amides is 1. The molecule has 0 radical (unpaired) electrons. The summed E-state index contributed by atoms with van der Waals surface area (Å²) in [7, 11) is 1.34. The highest BCUT2D eigenvalue weighted by Crippen LogP contribution is 2.48. The van der Waals surface area contributed by atoms with Gasteiger partial charge in [-0.2, -0.15) is 39.5 Å². The lowest BCUT2D eigenvalue weighted by atomic mass is 9.95. The van der Waals surface area contributed by atoms with Gasteiger partial charge in [0, 0.05) is 23.8 Å². The van der Waals surface area contributed by atoms with Gasteiger partial charge in [0.2, 0.25) is 0 Å². The van der Waals surface area contributed by atoms with E-state index >= 15 is 0 Å². The third kappa shape index (κ3) is 6.36. The molecule has 2 unspecified atom stereocenters. The molecule has 1 fully saturated rings. The number of halogens is 9. The second kappa shape index (κ2) is 10.7. The molecule has 4 nitrogen and oxygen atoms in total. The fraction of sp³-hybridized carbons (Fsp3) is 0.296. The fourth-order valence-corrected chi connectivity index (χ4v) is 5.79. The number of thioether (sulfide) groups is 1. The summed E-state index contributed by atoms with van der Waals surface area (Å²) in [6.45, 7) is 0.982. The molecule has 2 atom stereocenters. The van der Waals surface area contributed by atoms with E-state index in [1.807, 2.05) is 0 Å². The lowest BCUT2D eigenvalue weighted by molar-refractivity contribution is -0.143. The van der Waals surface area contributed by atoms with Crippen LogP contribution in [-0.4, -0.2) is 23.3 Å². The molecule has 1 amide bonds. The van der Waals surface area contributed by atoms with Crippen LogP contribution >= 0.6 is 11.8 Å². The van der Waals surface area contributed by atoms with Crippen molar-refractivity contribution < 1.29 is 49.0 Å². The zero-order valence-corrected chi connectivity index (χ0v) is 22.0. The molecule has 1 heterocycles. The van der Waals surface area contributed by atoms with Gasteiger partial charge in [-0.15, -0.1) is 0 Å². The maximum absolute atomic E-state index is 13.6. The van der Waals surface area contributed by atoms with Crippen LogP contribution in [0.5, 0.6) is 5.75 Å². The Labute approximate surface area is 232 Å². The molecular weight excluding hydrogens is 587 g/mol. The van der Waals surface area contributed by atoms with Crippen molar-refractivity contribution in [3.8, 4) is 16.9 Å². The van der Waals surface area contributed by atoms with Crippen LogP contribution in [0, 0.1) is 0 Å². The third-order valence-electron chi connectivity index (χ3n) is 6.62. The topological polar surface area (TPSA) is 55.6 Å². The Morgan fingerprint density at radius 2 is 1.39 bits per heavy atom. The van der Waals surface area contributed by atoms with Gasteiger partial charge in [0.25, 0.3) is 5.24 Å². The van der Waals surface area contributed by atoms with E-state index in [-0.39, 0.29) is 34.2 Å². The van der Waals surface area contributed by atoms with Crippen LogP contribution in [0.4, 0.5) is 50.0 Å². The van der Waals surface area contributed by atoms with Gasteiger partial charge in [0.1, 0.15) is 5.75 Å². The van der Waals surface area contributed by atoms with Crippen LogP contribution in [0.25, 0.3) is 11.1 Å². The smallest absolute Gasteiger partial charge is 0.416 e. The lowest BCUT2D eigenvalue weighted by Crippen LogP contribution is -2.31. The number of anilines is 1. The Morgan fingerprint density at radius 1 is 0.805 bits per heavy atom. The zero-order valence-electron chi connectivity index (χ0n) is 21.2. The Bertz CT molecular complexity index is 1440. The number of benzene rings is 3. The minimum absolute atomic E-state index is 0.0127. The van der Waals surface area contributed by atoms with Crippen LogP contribution in [0.3, 0.4) is 0 Å². The molecule has 3 aromatic rings. The first-order chi connectivity index (χ1) is 18.9. The summed E-state index contributed by atoms with van der Waals surface area (Å²) in [5.74, 6) is 0.275. The molecule has 0 saturated carbocycles. The maximum Gasteiger partial charge on any atom is 0.416 e. The fourth-order valence-electron chi connectivity index (χ4n) is 4.59. The molecule has 0 bridgehead atoms. The number of ether oxygens (including phenoxy) is 1. The molecule has 0 spiro atoms. The van der Waals surface area contributed by atoms with Crippen LogP contribution in [0.2, 0.25) is 0 Å². The molecule has 41 heavy (non-hydrogen) atoms. The van der Waals surface area contributed by atoms with Crippen molar-refractivity contribution in [2.45, 2.75) is 43.3 Å². The standard InChI is InChI=1S/C27H21F9N2O2S/c1-13-23(14-7-17(26(31,32)33)10-18(8-14)27(34,35)36)41-24(39)38(13)12-15-9-16(25(28,29)30)3-5-20(15)21-11-19(37)4-6-22(21)40-2/h3-11,13,23H,12,37H2,1-2H3. The van der Waals surface area contributed by atoms with Gasteiger partial charge in [-0.05, 0) is 72.1 Å². The lowest BCUT2D eigenvalue weighted by Gasteiger charge is -2.26. The van der Waals surface area contributed by atoms with Gasteiger partial charge in [0.05, 0.1) is 29.1 Å². The summed E-state index contributed by atoms with van der Waals surface area (Å²) >= 11 is 0.500. The number of carbonyl (C=O) groups is 1. The van der Waals surface area contributed by atoms with Gasteiger partial charge >= 0.3 is 18.5 Å². The Kier molecular flexibility index (Phi) is 7.93. The first kappa shape index (κ1) is 30.4. The second-order valence-electron chi connectivity index (χ2n) is 9.34. The van der Waals surface area contributed by atoms with Crippen LogP contribution in [-0.2, 0) is 25.1 Å². The van der Waals surface area contributed by atoms with Crippen LogP contribution in [0.15, 0.2) is 54.6 Å². The number of carbonyl (C=O) groups excluding carboxylic acids is 1. The molecule has 2 N–H and O–H groups in total. The van der Waals surface area contributed by atoms with Crippen LogP contribution in [0.1, 0.15) is 40.0 Å². The van der Waals surface area contributed by atoms with Gasteiger partial charge < -0.3 is 15.4 Å². The minimum Gasteiger partial charge on any atom is -0.496 e. The minimum atomic E-state index is -5.09. The molecular formula is C27H21F9N2O2S. The van der Waals surface area contributed by atoms with Crippen molar-refractivity contribution in [2.24, 2.45) is 0 Å². The van der Waals surface area contributed by atoms with E-state index < -0.39 is 58.3 Å². The summed E-state index contributed by atoms with van der Waals surface area (Å²) in [4.78, 5) is 14.1. The van der Waals surface area contributed by atoms with Gasteiger partial charge in [-0.25, -0.2) is 0 Å². The van der Waals surface area contributed by atoms with Gasteiger partial charge in [-0.3, -0.25) is 4.79 Å². The number of nitrogens with zero attached hydrogens (tertiary/aromatic N) is 1. The van der Waals surface area contributed by atoms with Crippen molar-refractivity contribution in [3.05, 3.63) is 82.4 Å². The summed E-state index contributed by atoms with van der Waals surface area (Å²) in [6.07, 6.45) is -14.9. The normalized spacial score (nSPS) is 18.2. The van der Waals surface area contributed by atoms with Gasteiger partial charge in [0.15, 0.2) is 0 Å². The van der Waals surface area contributed by atoms with E-state index in [9.17, 15) is 44.3 Å². The van der Waals surface area contributed by atoms with E-state index in [4.69, 9.17) is 10.5 Å². The summed E-state index contributed by atoms with van der Waals surface area (Å²) < 4.78 is 127. The summed E-state index contributed by atoms with van der Waals surface area (Å²) in [5.41, 5.74) is 2.28. The quantitative estimate of drug-likeness (QED) is 0.232. The third-order valence-corrected chi connectivity index (χ3v) is 7.97. The number of methoxy groups -OCH3 is 1. The predicted octanol–water partition coefficient (Wildman–Crippen LogP) is 8.80. The largest absolute Gasteiger partial charge is 0.496 e. The van der Waals surface area contributed by atoms with Crippen molar-refractivity contribution >= 4 is 22.7 Å². The highest BCUT2D eigenvalue weighted by molar-refractivity contribution is 8.14. The monoisotopic (exact) mass is 608 g/mol. The molecule has 1 saturated heterocycles. The van der Waals surface area contributed by atoms with Crippen molar-refractivity contribution in [2.75, 3.05) is 12.8 Å². The molecule has 3 aromatic carbocycles. The van der Waals surface area contributed by atoms with Crippen molar-refractivity contribution in [1.29, 1.82) is 0 Å². The molecule has 0 aromatic heterocycles. The molecule has 14 heteroatoms. The van der Waals surface area contributed by atoms with E-state index in [1.54, 1.807) is 0 Å². The average molecular weight is 609 g/mol. The van der Waals surface area contributed by atoms with Crippen molar-refractivity contribution in [1.82, 2.24) is 4.90 Å². The molecule has 220 valence electrons. The average Bonchev–Trinajstić information content (AvgIpc) is 3.15. The predicted molar refractivity (Wildman–Crippen MR) is 135 cm³/mol. The first-order valence-corrected chi connectivity index (χ1v) is 12.7. The molecule has 1 aliphatic heterocycles. The number of nitrogens with two attached hydrogens (primary N) is 1. The highest BCUT2D eigenvalue weighted by atomic mass is 32.2. The number of hydrogen-bond donors (Lipinski definition) is 1. The summed E-state index contributed by atoms with van der Waals surface area (Å²) in [6, 6.07) is 7.46. The highest BCUT2D eigenvalue weighted by Gasteiger charge is 2.43. The van der Waals surface area contributed by atoms with Crippen molar-refractivity contribution in [3.63, 3.8) is 0 Å². The van der Waals surface area contributed by atoms with E-state index in [0.717, 1.165) is 17.0 Å². The number of rotatable bonds is 5. The van der Waals surface area contributed by atoms with Crippen LogP contribution < -0.4 is 10.5 Å². The number of nitrogen functional groups attached to an aromatic ring is 1. The van der Waals surface area contributed by atoms with Gasteiger partial charge in [-0.1, -0.05) is 17.8 Å². The van der Waals surface area contributed by atoms with E-state index in [1.165, 1.54) is 38.3 Å². The van der Waals surface area contributed by atoms with E-state index in [0.29, 0.717) is 29.5 Å². The Morgan fingerprint density at radius 3 is 1.93 bits per heavy atom. The SMILES string of the molecule is COc1ccc(N)cc1-c1ccc(C(F)(F)F)cc1CN1C(=O)SC(c2cc(C(F)(F)F)cc(C(F)(F)F)c2)C1C. The van der Waals surface area contributed by atoms with E-state index in [2.05, 4.69) is 0 Å². The zero-order chi connectivity index (χ0) is 30.5. The second-order valence-corrected chi connectivity index (χ2v) is 10.4. The number of hydrogen-bond acceptors (Lipinski definition) is 4. The molecule has 0 aliphatic carbocycles. The Balaban J connectivity index is 1.78. The number of alkyl halides is 9. The first-order valence-electron chi connectivity index (χ1n) is 11.8. The maximum atomic E-state index is 13.6.